The number of ether oxygens (including phenoxy) is 1. The summed E-state index contributed by atoms with van der Waals surface area (Å²) in [6.07, 6.45) is 5.65. The molecule has 0 amide bonds. The molecule has 1 fully saturated rings. The lowest BCUT2D eigenvalue weighted by molar-refractivity contribution is -0.386. The van der Waals surface area contributed by atoms with Crippen molar-refractivity contribution in [2.75, 3.05) is 0 Å². The molecule has 1 aliphatic rings. The van der Waals surface area contributed by atoms with Crippen LogP contribution in [0.4, 0.5) is 5.69 Å². The lowest BCUT2D eigenvalue weighted by Crippen LogP contribution is -2.03. The average Bonchev–Trinajstić information content (AvgIpc) is 3.01. The second-order valence-electron chi connectivity index (χ2n) is 3.57. The van der Waals surface area contributed by atoms with Gasteiger partial charge in [0, 0.05) is 6.20 Å². The van der Waals surface area contributed by atoms with Crippen molar-refractivity contribution in [3.63, 3.8) is 0 Å². The van der Waals surface area contributed by atoms with Gasteiger partial charge in [0.1, 0.15) is 0 Å². The SMILES string of the molecule is CCc1cncc(OC2CC2)c1[N+](=O)[O-]. The number of nitrogens with zero attached hydrogens (tertiary/aromatic N) is 2. The first-order valence-electron chi connectivity index (χ1n) is 5.00. The lowest BCUT2D eigenvalue weighted by Gasteiger charge is -2.06. The van der Waals surface area contributed by atoms with E-state index in [1.165, 1.54) is 12.4 Å². The first-order valence-corrected chi connectivity index (χ1v) is 5.00. The Morgan fingerprint density at radius 1 is 1.60 bits per heavy atom. The Labute approximate surface area is 87.2 Å². The minimum atomic E-state index is -0.391. The first-order chi connectivity index (χ1) is 7.22. The lowest BCUT2D eigenvalue weighted by atomic mass is 10.2. The summed E-state index contributed by atoms with van der Waals surface area (Å²) in [5, 5.41) is 10.9. The van der Waals surface area contributed by atoms with Gasteiger partial charge in [-0.1, -0.05) is 6.92 Å². The van der Waals surface area contributed by atoms with E-state index in [-0.39, 0.29) is 11.8 Å². The van der Waals surface area contributed by atoms with E-state index in [9.17, 15) is 10.1 Å². The number of pyridine rings is 1. The molecule has 0 aromatic carbocycles. The van der Waals surface area contributed by atoms with Crippen LogP contribution in [0, 0.1) is 10.1 Å². The Bertz CT molecular complexity index is 388. The fourth-order valence-electron chi connectivity index (χ4n) is 1.39. The van der Waals surface area contributed by atoms with Crippen molar-refractivity contribution in [3.8, 4) is 5.75 Å². The molecule has 0 N–H and O–H groups in total. The van der Waals surface area contributed by atoms with E-state index in [1.54, 1.807) is 0 Å². The zero-order valence-electron chi connectivity index (χ0n) is 8.47. The van der Waals surface area contributed by atoms with Gasteiger partial charge < -0.3 is 4.74 Å². The summed E-state index contributed by atoms with van der Waals surface area (Å²) in [6, 6.07) is 0. The molecule has 1 saturated carbocycles. The Morgan fingerprint density at radius 3 is 2.87 bits per heavy atom. The normalized spacial score (nSPS) is 15.0. The number of hydrogen-bond acceptors (Lipinski definition) is 4. The van der Waals surface area contributed by atoms with Gasteiger partial charge >= 0.3 is 5.69 Å². The van der Waals surface area contributed by atoms with Gasteiger partial charge in [0.25, 0.3) is 0 Å². The minimum absolute atomic E-state index is 0.0689. The van der Waals surface area contributed by atoms with Crippen LogP contribution in [0.3, 0.4) is 0 Å². The van der Waals surface area contributed by atoms with Crippen molar-refractivity contribution < 1.29 is 9.66 Å². The maximum absolute atomic E-state index is 10.9. The fourth-order valence-corrected chi connectivity index (χ4v) is 1.39. The molecule has 0 spiro atoms. The van der Waals surface area contributed by atoms with Gasteiger partial charge in [-0.2, -0.15) is 0 Å². The van der Waals surface area contributed by atoms with Gasteiger partial charge in [-0.25, -0.2) is 0 Å². The molecule has 0 unspecified atom stereocenters. The summed E-state index contributed by atoms with van der Waals surface area (Å²) in [7, 11) is 0. The van der Waals surface area contributed by atoms with Gasteiger partial charge in [-0.05, 0) is 19.3 Å². The summed E-state index contributed by atoms with van der Waals surface area (Å²) in [6.45, 7) is 1.87. The van der Waals surface area contributed by atoms with Crippen molar-refractivity contribution in [1.29, 1.82) is 0 Å². The molecule has 1 heterocycles. The van der Waals surface area contributed by atoms with Gasteiger partial charge in [0.05, 0.1) is 22.8 Å². The number of nitro groups is 1. The van der Waals surface area contributed by atoms with Crippen LogP contribution in [0.2, 0.25) is 0 Å². The zero-order valence-corrected chi connectivity index (χ0v) is 8.47. The molecule has 0 bridgehead atoms. The maximum atomic E-state index is 10.9. The molecule has 0 aliphatic heterocycles. The van der Waals surface area contributed by atoms with Crippen LogP contribution in [-0.4, -0.2) is 16.0 Å². The Kier molecular flexibility index (Phi) is 2.53. The number of hydrogen-bond donors (Lipinski definition) is 0. The van der Waals surface area contributed by atoms with Crippen LogP contribution < -0.4 is 4.74 Å². The molecular weight excluding hydrogens is 196 g/mol. The largest absolute Gasteiger partial charge is 0.482 e. The third kappa shape index (κ3) is 2.06. The van der Waals surface area contributed by atoms with E-state index in [0.29, 0.717) is 17.7 Å². The number of aryl methyl sites for hydroxylation is 1. The molecule has 5 heteroatoms. The van der Waals surface area contributed by atoms with Gasteiger partial charge in [0.2, 0.25) is 5.75 Å². The average molecular weight is 208 g/mol. The monoisotopic (exact) mass is 208 g/mol. The molecule has 0 radical (unpaired) electrons. The quantitative estimate of drug-likeness (QED) is 0.561. The van der Waals surface area contributed by atoms with E-state index in [4.69, 9.17) is 4.74 Å². The molecular formula is C10H12N2O3. The molecule has 5 nitrogen and oxygen atoms in total. The minimum Gasteiger partial charge on any atom is -0.482 e. The molecule has 0 atom stereocenters. The Balaban J connectivity index is 2.37. The zero-order chi connectivity index (χ0) is 10.8. The predicted octanol–water partition coefficient (Wildman–Crippen LogP) is 2.09. The third-order valence-electron chi connectivity index (χ3n) is 2.34. The van der Waals surface area contributed by atoms with E-state index >= 15 is 0 Å². The fraction of sp³-hybridized carbons (Fsp3) is 0.500. The molecule has 1 aromatic heterocycles. The standard InChI is InChI=1S/C10H12N2O3/c1-2-7-5-11-6-9(10(7)12(13)14)15-8-3-4-8/h5-6,8H,2-4H2,1H3. The summed E-state index contributed by atoms with van der Waals surface area (Å²) >= 11 is 0. The van der Waals surface area contributed by atoms with Crippen LogP contribution in [0.25, 0.3) is 0 Å². The van der Waals surface area contributed by atoms with Crippen LogP contribution in [0.15, 0.2) is 12.4 Å². The Hall–Kier alpha value is -1.65. The topological polar surface area (TPSA) is 65.3 Å². The van der Waals surface area contributed by atoms with E-state index in [2.05, 4.69) is 4.98 Å². The third-order valence-corrected chi connectivity index (χ3v) is 2.34. The van der Waals surface area contributed by atoms with Crippen molar-refractivity contribution in [2.24, 2.45) is 0 Å². The second-order valence-corrected chi connectivity index (χ2v) is 3.57. The molecule has 1 aliphatic carbocycles. The maximum Gasteiger partial charge on any atom is 0.317 e. The van der Waals surface area contributed by atoms with E-state index < -0.39 is 4.92 Å². The second kappa shape index (κ2) is 3.84. The summed E-state index contributed by atoms with van der Waals surface area (Å²) in [4.78, 5) is 14.5. The van der Waals surface area contributed by atoms with Crippen LogP contribution in [0.5, 0.6) is 5.75 Å². The van der Waals surface area contributed by atoms with Gasteiger partial charge in [-0.3, -0.25) is 15.1 Å². The van der Waals surface area contributed by atoms with Crippen molar-refractivity contribution >= 4 is 5.69 Å². The highest BCUT2D eigenvalue weighted by atomic mass is 16.6. The first kappa shape index (κ1) is 9.89. The number of rotatable bonds is 4. The highest BCUT2D eigenvalue weighted by Crippen LogP contribution is 2.34. The van der Waals surface area contributed by atoms with Crippen molar-refractivity contribution in [3.05, 3.63) is 28.1 Å². The van der Waals surface area contributed by atoms with E-state index in [1.807, 2.05) is 6.92 Å². The van der Waals surface area contributed by atoms with E-state index in [0.717, 1.165) is 12.8 Å². The molecule has 15 heavy (non-hydrogen) atoms. The van der Waals surface area contributed by atoms with Gasteiger partial charge in [-0.15, -0.1) is 0 Å². The van der Waals surface area contributed by atoms with Crippen molar-refractivity contribution in [1.82, 2.24) is 4.98 Å². The Morgan fingerprint density at radius 2 is 2.33 bits per heavy atom. The van der Waals surface area contributed by atoms with Gasteiger partial charge in [0.15, 0.2) is 0 Å². The summed E-state index contributed by atoms with van der Waals surface area (Å²) in [5.74, 6) is 0.307. The molecule has 0 saturated heterocycles. The van der Waals surface area contributed by atoms with Crippen LogP contribution in [0.1, 0.15) is 25.3 Å². The number of aromatic nitrogens is 1. The van der Waals surface area contributed by atoms with Crippen molar-refractivity contribution in [2.45, 2.75) is 32.3 Å². The molecule has 1 aromatic rings. The molecule has 2 rings (SSSR count). The van der Waals surface area contributed by atoms with Crippen LogP contribution >= 0.6 is 0 Å². The summed E-state index contributed by atoms with van der Waals surface area (Å²) in [5.41, 5.74) is 0.692. The molecule has 80 valence electrons. The smallest absolute Gasteiger partial charge is 0.317 e. The summed E-state index contributed by atoms with van der Waals surface area (Å²) < 4.78 is 5.46. The highest BCUT2D eigenvalue weighted by Gasteiger charge is 2.28. The predicted molar refractivity (Wildman–Crippen MR) is 53.9 cm³/mol. The highest BCUT2D eigenvalue weighted by molar-refractivity contribution is 5.50. The van der Waals surface area contributed by atoms with Crippen LogP contribution in [-0.2, 0) is 6.42 Å².